The number of nitrogens with zero attached hydrogens (tertiary/aromatic N) is 2. The Bertz CT molecular complexity index is 439. The van der Waals surface area contributed by atoms with Crippen molar-refractivity contribution in [1.82, 2.24) is 4.90 Å². The number of anilines is 1. The molecule has 0 aromatic heterocycles. The minimum absolute atomic E-state index is 0.0938. The van der Waals surface area contributed by atoms with Gasteiger partial charge in [-0.25, -0.2) is 4.39 Å². The predicted octanol–water partition coefficient (Wildman–Crippen LogP) is 2.20. The van der Waals surface area contributed by atoms with Gasteiger partial charge < -0.3 is 10.2 Å². The van der Waals surface area contributed by atoms with Crippen molar-refractivity contribution in [3.63, 3.8) is 0 Å². The van der Waals surface area contributed by atoms with Crippen molar-refractivity contribution in [3.8, 4) is 6.07 Å². The first kappa shape index (κ1) is 11.9. The maximum absolute atomic E-state index is 13.4. The summed E-state index contributed by atoms with van der Waals surface area (Å²) < 4.78 is 13.4. The van der Waals surface area contributed by atoms with Crippen LogP contribution in [0.15, 0.2) is 18.2 Å². The van der Waals surface area contributed by atoms with E-state index in [4.69, 9.17) is 5.26 Å². The van der Waals surface area contributed by atoms with Gasteiger partial charge in [0.1, 0.15) is 11.9 Å². The van der Waals surface area contributed by atoms with Gasteiger partial charge >= 0.3 is 0 Å². The molecule has 1 aromatic carbocycles. The molecular weight excluding hydrogens is 217 g/mol. The summed E-state index contributed by atoms with van der Waals surface area (Å²) in [5.74, 6) is -0.457. The van der Waals surface area contributed by atoms with Crippen LogP contribution in [0.25, 0.3) is 0 Å². The fourth-order valence-electron chi connectivity index (χ4n) is 2.22. The van der Waals surface area contributed by atoms with Crippen LogP contribution in [-0.2, 0) is 0 Å². The molecule has 1 unspecified atom stereocenters. The van der Waals surface area contributed by atoms with Crippen molar-refractivity contribution in [2.24, 2.45) is 0 Å². The first-order valence-electron chi connectivity index (χ1n) is 5.84. The molecule has 3 nitrogen and oxygen atoms in total. The zero-order valence-electron chi connectivity index (χ0n) is 9.91. The Hall–Kier alpha value is -1.60. The molecule has 17 heavy (non-hydrogen) atoms. The first-order chi connectivity index (χ1) is 8.19. The molecule has 1 aromatic rings. The monoisotopic (exact) mass is 233 g/mol. The summed E-state index contributed by atoms with van der Waals surface area (Å²) in [7, 11) is 2.09. The van der Waals surface area contributed by atoms with Crippen molar-refractivity contribution in [2.75, 3.05) is 25.5 Å². The number of benzene rings is 1. The standard InChI is InChI=1S/C13H16FN3/c1-17-6-2-3-12(9-17)16-11-5-4-10(8-15)13(14)7-11/h4-5,7,12,16H,2-3,6,9H2,1H3. The van der Waals surface area contributed by atoms with E-state index in [1.807, 2.05) is 6.07 Å². The Morgan fingerprint density at radius 3 is 3.00 bits per heavy atom. The summed E-state index contributed by atoms with van der Waals surface area (Å²) >= 11 is 0. The number of rotatable bonds is 2. The van der Waals surface area contributed by atoms with E-state index in [1.165, 1.54) is 12.1 Å². The Morgan fingerprint density at radius 2 is 2.35 bits per heavy atom. The SMILES string of the molecule is CN1CCCC(Nc2ccc(C#N)c(F)c2)C1. The second-order valence-electron chi connectivity index (χ2n) is 4.55. The van der Waals surface area contributed by atoms with Crippen molar-refractivity contribution in [2.45, 2.75) is 18.9 Å². The topological polar surface area (TPSA) is 39.1 Å². The van der Waals surface area contributed by atoms with E-state index in [9.17, 15) is 4.39 Å². The van der Waals surface area contributed by atoms with Crippen LogP contribution in [0.4, 0.5) is 10.1 Å². The van der Waals surface area contributed by atoms with E-state index in [0.717, 1.165) is 31.6 Å². The van der Waals surface area contributed by atoms with Crippen LogP contribution in [0.1, 0.15) is 18.4 Å². The number of piperidine rings is 1. The molecule has 0 spiro atoms. The average molecular weight is 233 g/mol. The van der Waals surface area contributed by atoms with Crippen LogP contribution in [0.5, 0.6) is 0 Å². The van der Waals surface area contributed by atoms with Crippen molar-refractivity contribution < 1.29 is 4.39 Å². The number of likely N-dealkylation sites (N-methyl/N-ethyl adjacent to an activating group) is 1. The maximum Gasteiger partial charge on any atom is 0.143 e. The van der Waals surface area contributed by atoms with Crippen LogP contribution in [0.3, 0.4) is 0 Å². The van der Waals surface area contributed by atoms with Gasteiger partial charge in [0.15, 0.2) is 0 Å². The smallest absolute Gasteiger partial charge is 0.143 e. The molecule has 0 amide bonds. The van der Waals surface area contributed by atoms with E-state index in [2.05, 4.69) is 17.3 Å². The van der Waals surface area contributed by atoms with Gasteiger partial charge in [-0.3, -0.25) is 0 Å². The molecular formula is C13H16FN3. The minimum Gasteiger partial charge on any atom is -0.381 e. The molecule has 0 radical (unpaired) electrons. The fraction of sp³-hybridized carbons (Fsp3) is 0.462. The summed E-state index contributed by atoms with van der Waals surface area (Å²) in [5, 5.41) is 12.0. The van der Waals surface area contributed by atoms with Gasteiger partial charge in [0.2, 0.25) is 0 Å². The van der Waals surface area contributed by atoms with Gasteiger partial charge in [0.25, 0.3) is 0 Å². The normalized spacial score (nSPS) is 20.9. The highest BCUT2D eigenvalue weighted by Crippen LogP contribution is 2.18. The van der Waals surface area contributed by atoms with Gasteiger partial charge in [-0.05, 0) is 44.6 Å². The van der Waals surface area contributed by atoms with Gasteiger partial charge in [0, 0.05) is 18.3 Å². The highest BCUT2D eigenvalue weighted by Gasteiger charge is 2.17. The van der Waals surface area contributed by atoms with E-state index in [0.29, 0.717) is 6.04 Å². The van der Waals surface area contributed by atoms with E-state index in [-0.39, 0.29) is 5.56 Å². The Balaban J connectivity index is 2.04. The van der Waals surface area contributed by atoms with E-state index >= 15 is 0 Å². The van der Waals surface area contributed by atoms with Crippen molar-refractivity contribution in [3.05, 3.63) is 29.6 Å². The molecule has 4 heteroatoms. The molecule has 0 bridgehead atoms. The average Bonchev–Trinajstić information content (AvgIpc) is 2.29. The van der Waals surface area contributed by atoms with Crippen LogP contribution in [0, 0.1) is 17.1 Å². The van der Waals surface area contributed by atoms with Gasteiger partial charge in [0.05, 0.1) is 5.56 Å². The molecule has 2 rings (SSSR count). The lowest BCUT2D eigenvalue weighted by molar-refractivity contribution is 0.261. The number of nitrogens with one attached hydrogen (secondary N) is 1. The van der Waals surface area contributed by atoms with Crippen LogP contribution in [-0.4, -0.2) is 31.1 Å². The summed E-state index contributed by atoms with van der Waals surface area (Å²) in [5.41, 5.74) is 0.845. The highest BCUT2D eigenvalue weighted by atomic mass is 19.1. The molecule has 1 heterocycles. The Labute approximate surface area is 101 Å². The lowest BCUT2D eigenvalue weighted by atomic mass is 10.1. The molecule has 90 valence electrons. The van der Waals surface area contributed by atoms with Crippen LogP contribution >= 0.6 is 0 Å². The number of likely N-dealkylation sites (tertiary alicyclic amines) is 1. The second-order valence-corrected chi connectivity index (χ2v) is 4.55. The summed E-state index contributed by atoms with van der Waals surface area (Å²) in [4.78, 5) is 2.27. The number of halogens is 1. The first-order valence-corrected chi connectivity index (χ1v) is 5.84. The quantitative estimate of drug-likeness (QED) is 0.851. The van der Waals surface area contributed by atoms with Crippen molar-refractivity contribution in [1.29, 1.82) is 5.26 Å². The third kappa shape index (κ3) is 2.95. The summed E-state index contributed by atoms with van der Waals surface area (Å²) in [6.07, 6.45) is 2.26. The second kappa shape index (κ2) is 5.15. The molecule has 1 aliphatic rings. The Morgan fingerprint density at radius 1 is 1.53 bits per heavy atom. The molecule has 1 aliphatic heterocycles. The summed E-state index contributed by atoms with van der Waals surface area (Å²) in [6, 6.07) is 6.86. The minimum atomic E-state index is -0.457. The predicted molar refractivity (Wildman–Crippen MR) is 65.3 cm³/mol. The van der Waals surface area contributed by atoms with Gasteiger partial charge in [-0.15, -0.1) is 0 Å². The van der Waals surface area contributed by atoms with E-state index in [1.54, 1.807) is 6.07 Å². The highest BCUT2D eigenvalue weighted by molar-refractivity contribution is 5.48. The maximum atomic E-state index is 13.4. The number of nitriles is 1. The molecule has 1 atom stereocenters. The lowest BCUT2D eigenvalue weighted by Gasteiger charge is -2.30. The van der Waals surface area contributed by atoms with Gasteiger partial charge in [-0.2, -0.15) is 5.26 Å². The number of hydrogen-bond donors (Lipinski definition) is 1. The fourth-order valence-corrected chi connectivity index (χ4v) is 2.22. The molecule has 0 saturated carbocycles. The zero-order valence-corrected chi connectivity index (χ0v) is 9.91. The van der Waals surface area contributed by atoms with Crippen LogP contribution in [0.2, 0.25) is 0 Å². The van der Waals surface area contributed by atoms with Crippen molar-refractivity contribution >= 4 is 5.69 Å². The lowest BCUT2D eigenvalue weighted by Crippen LogP contribution is -2.39. The third-order valence-corrected chi connectivity index (χ3v) is 3.08. The zero-order chi connectivity index (χ0) is 12.3. The summed E-state index contributed by atoms with van der Waals surface area (Å²) in [6.45, 7) is 2.10. The van der Waals surface area contributed by atoms with Crippen LogP contribution < -0.4 is 5.32 Å². The van der Waals surface area contributed by atoms with Gasteiger partial charge in [-0.1, -0.05) is 0 Å². The Kier molecular flexibility index (Phi) is 3.60. The molecule has 0 aliphatic carbocycles. The molecule has 1 N–H and O–H groups in total. The number of hydrogen-bond acceptors (Lipinski definition) is 3. The third-order valence-electron chi connectivity index (χ3n) is 3.08. The molecule has 1 saturated heterocycles. The van der Waals surface area contributed by atoms with E-state index < -0.39 is 5.82 Å². The largest absolute Gasteiger partial charge is 0.381 e. The molecule has 1 fully saturated rings.